The molecule has 3 N–H and O–H groups in total. The number of urea groups is 1. The van der Waals surface area contributed by atoms with E-state index in [2.05, 4.69) is 10.6 Å². The molecule has 0 spiro atoms. The van der Waals surface area contributed by atoms with Gasteiger partial charge in [0.2, 0.25) is 0 Å². The van der Waals surface area contributed by atoms with E-state index < -0.39 is 0 Å². The minimum absolute atomic E-state index is 0.256. The summed E-state index contributed by atoms with van der Waals surface area (Å²) in [5.41, 5.74) is 0.683. The molecule has 0 saturated heterocycles. The molecule has 5 nitrogen and oxygen atoms in total. The lowest BCUT2D eigenvalue weighted by Crippen LogP contribution is -2.29. The van der Waals surface area contributed by atoms with Gasteiger partial charge in [0, 0.05) is 18.3 Å². The van der Waals surface area contributed by atoms with Crippen LogP contribution < -0.4 is 15.4 Å². The quantitative estimate of drug-likeness (QED) is 0.678. The molecule has 0 fully saturated rings. The fourth-order valence-corrected chi connectivity index (χ4v) is 1.48. The van der Waals surface area contributed by atoms with Crippen LogP contribution in [0.4, 0.5) is 10.5 Å². The third kappa shape index (κ3) is 5.54. The minimum atomic E-state index is -0.326. The number of methoxy groups -OCH3 is 1. The molecule has 0 saturated carbocycles. The summed E-state index contributed by atoms with van der Waals surface area (Å²) in [4.78, 5) is 11.5. The lowest BCUT2D eigenvalue weighted by atomic mass is 10.2. The Morgan fingerprint density at radius 1 is 1.50 bits per heavy atom. The Morgan fingerprint density at radius 2 is 2.28 bits per heavy atom. The Hall–Kier alpha value is -1.75. The summed E-state index contributed by atoms with van der Waals surface area (Å²) in [6.07, 6.45) is 1.11. The number of anilines is 1. The van der Waals surface area contributed by atoms with E-state index >= 15 is 0 Å². The number of amides is 2. The summed E-state index contributed by atoms with van der Waals surface area (Å²) in [6.45, 7) is 2.27. The highest BCUT2D eigenvalue weighted by molar-refractivity contribution is 5.89. The van der Waals surface area contributed by atoms with Crippen molar-refractivity contribution in [3.05, 3.63) is 24.3 Å². The molecule has 1 unspecified atom stereocenters. The number of carbonyl (C=O) groups is 1. The number of benzene rings is 1. The second-order valence-electron chi connectivity index (χ2n) is 4.10. The summed E-state index contributed by atoms with van der Waals surface area (Å²) in [5.74, 6) is 0.696. The SMILES string of the molecule is COc1cccc(NC(=O)NCCCC(C)O)c1. The van der Waals surface area contributed by atoms with Gasteiger partial charge in [-0.05, 0) is 31.9 Å². The van der Waals surface area contributed by atoms with Gasteiger partial charge >= 0.3 is 6.03 Å². The van der Waals surface area contributed by atoms with E-state index in [4.69, 9.17) is 9.84 Å². The second kappa shape index (κ2) is 7.55. The summed E-state index contributed by atoms with van der Waals surface area (Å²) >= 11 is 0. The van der Waals surface area contributed by atoms with Gasteiger partial charge in [-0.2, -0.15) is 0 Å². The highest BCUT2D eigenvalue weighted by Gasteiger charge is 2.02. The van der Waals surface area contributed by atoms with Gasteiger partial charge in [-0.25, -0.2) is 4.79 Å². The maximum Gasteiger partial charge on any atom is 0.319 e. The summed E-state index contributed by atoms with van der Waals surface area (Å²) < 4.78 is 5.06. The monoisotopic (exact) mass is 252 g/mol. The van der Waals surface area contributed by atoms with Crippen LogP contribution in [0.25, 0.3) is 0 Å². The Bertz CT molecular complexity index is 380. The first kappa shape index (κ1) is 14.3. The third-order valence-corrected chi connectivity index (χ3v) is 2.41. The van der Waals surface area contributed by atoms with E-state index in [1.165, 1.54) is 0 Å². The van der Waals surface area contributed by atoms with E-state index in [9.17, 15) is 4.79 Å². The zero-order valence-electron chi connectivity index (χ0n) is 10.8. The van der Waals surface area contributed by atoms with Crippen molar-refractivity contribution in [2.24, 2.45) is 0 Å². The molecule has 5 heteroatoms. The molecule has 0 bridgehead atoms. The molecule has 0 radical (unpaired) electrons. The van der Waals surface area contributed by atoms with Crippen molar-refractivity contribution in [2.45, 2.75) is 25.9 Å². The number of rotatable bonds is 6. The number of hydrogen-bond donors (Lipinski definition) is 3. The summed E-state index contributed by atoms with van der Waals surface area (Å²) in [7, 11) is 1.58. The molecule has 2 amide bonds. The topological polar surface area (TPSA) is 70.6 Å². The zero-order valence-corrected chi connectivity index (χ0v) is 10.8. The largest absolute Gasteiger partial charge is 0.497 e. The maximum atomic E-state index is 11.5. The first-order valence-corrected chi connectivity index (χ1v) is 5.99. The van der Waals surface area contributed by atoms with Crippen LogP contribution in [0.15, 0.2) is 24.3 Å². The fraction of sp³-hybridized carbons (Fsp3) is 0.462. The molecule has 1 rings (SSSR count). The Balaban J connectivity index is 2.30. The molecule has 0 heterocycles. The highest BCUT2D eigenvalue weighted by atomic mass is 16.5. The van der Waals surface area contributed by atoms with E-state index in [0.717, 1.165) is 6.42 Å². The minimum Gasteiger partial charge on any atom is -0.497 e. The number of aliphatic hydroxyl groups excluding tert-OH is 1. The van der Waals surface area contributed by atoms with Crippen LogP contribution in [0.2, 0.25) is 0 Å². The van der Waals surface area contributed by atoms with Gasteiger partial charge in [-0.15, -0.1) is 0 Å². The van der Waals surface area contributed by atoms with Crippen molar-refractivity contribution in [3.63, 3.8) is 0 Å². The molecule has 0 aliphatic heterocycles. The van der Waals surface area contributed by atoms with E-state index in [0.29, 0.717) is 24.4 Å². The van der Waals surface area contributed by atoms with Crippen LogP contribution in [-0.4, -0.2) is 30.9 Å². The molecule has 100 valence electrons. The normalized spacial score (nSPS) is 11.7. The molecule has 18 heavy (non-hydrogen) atoms. The zero-order chi connectivity index (χ0) is 13.4. The Kier molecular flexibility index (Phi) is 6.00. The van der Waals surface area contributed by atoms with Crippen molar-refractivity contribution in [3.8, 4) is 5.75 Å². The van der Waals surface area contributed by atoms with E-state index in [1.807, 2.05) is 12.1 Å². The highest BCUT2D eigenvalue weighted by Crippen LogP contribution is 2.16. The molecule has 0 aliphatic carbocycles. The number of hydrogen-bond acceptors (Lipinski definition) is 3. The smallest absolute Gasteiger partial charge is 0.319 e. The molecule has 0 aromatic heterocycles. The van der Waals surface area contributed by atoms with Crippen molar-refractivity contribution in [2.75, 3.05) is 19.0 Å². The van der Waals surface area contributed by atoms with E-state index in [-0.39, 0.29) is 12.1 Å². The van der Waals surface area contributed by atoms with Gasteiger partial charge in [-0.3, -0.25) is 0 Å². The molecule has 1 atom stereocenters. The standard InChI is InChI=1S/C13H20N2O3/c1-10(16)5-4-8-14-13(17)15-11-6-3-7-12(9-11)18-2/h3,6-7,9-10,16H,4-5,8H2,1-2H3,(H2,14,15,17). The van der Waals surface area contributed by atoms with Gasteiger partial charge in [0.25, 0.3) is 0 Å². The average Bonchev–Trinajstić information content (AvgIpc) is 2.34. The van der Waals surface area contributed by atoms with Crippen molar-refractivity contribution < 1.29 is 14.6 Å². The van der Waals surface area contributed by atoms with Crippen molar-refractivity contribution >= 4 is 11.7 Å². The number of nitrogens with one attached hydrogen (secondary N) is 2. The predicted molar refractivity (Wildman–Crippen MR) is 70.9 cm³/mol. The van der Waals surface area contributed by atoms with Gasteiger partial charge in [-0.1, -0.05) is 6.07 Å². The maximum absolute atomic E-state index is 11.5. The molecular formula is C13H20N2O3. The van der Waals surface area contributed by atoms with Crippen LogP contribution in [-0.2, 0) is 0 Å². The third-order valence-electron chi connectivity index (χ3n) is 2.41. The first-order chi connectivity index (χ1) is 8.61. The first-order valence-electron chi connectivity index (χ1n) is 5.99. The van der Waals surface area contributed by atoms with Crippen LogP contribution in [0.1, 0.15) is 19.8 Å². The molecule has 1 aromatic carbocycles. The van der Waals surface area contributed by atoms with Crippen LogP contribution >= 0.6 is 0 Å². The van der Waals surface area contributed by atoms with Crippen LogP contribution in [0, 0.1) is 0 Å². The van der Waals surface area contributed by atoms with Gasteiger partial charge in [0.15, 0.2) is 0 Å². The van der Waals surface area contributed by atoms with E-state index in [1.54, 1.807) is 26.2 Å². The fourth-order valence-electron chi connectivity index (χ4n) is 1.48. The number of aliphatic hydroxyl groups is 1. The lowest BCUT2D eigenvalue weighted by Gasteiger charge is -2.09. The summed E-state index contributed by atoms with van der Waals surface area (Å²) in [6, 6.07) is 6.90. The Labute approximate surface area is 107 Å². The molecule has 0 aliphatic rings. The van der Waals surface area contributed by atoms with Gasteiger partial charge in [0.1, 0.15) is 5.75 Å². The van der Waals surface area contributed by atoms with Gasteiger partial charge < -0.3 is 20.5 Å². The average molecular weight is 252 g/mol. The lowest BCUT2D eigenvalue weighted by molar-refractivity contribution is 0.181. The Morgan fingerprint density at radius 3 is 2.94 bits per heavy atom. The predicted octanol–water partition coefficient (Wildman–Crippen LogP) is 1.98. The molecular weight excluding hydrogens is 232 g/mol. The van der Waals surface area contributed by atoms with Crippen molar-refractivity contribution in [1.29, 1.82) is 0 Å². The van der Waals surface area contributed by atoms with Crippen LogP contribution in [0.3, 0.4) is 0 Å². The summed E-state index contributed by atoms with van der Waals surface area (Å²) in [5, 5.41) is 14.5. The van der Waals surface area contributed by atoms with Crippen molar-refractivity contribution in [1.82, 2.24) is 5.32 Å². The molecule has 1 aromatic rings. The second-order valence-corrected chi connectivity index (χ2v) is 4.10. The van der Waals surface area contributed by atoms with Gasteiger partial charge in [0.05, 0.1) is 13.2 Å². The number of carbonyl (C=O) groups excluding carboxylic acids is 1. The van der Waals surface area contributed by atoms with Crippen LogP contribution in [0.5, 0.6) is 5.75 Å². The number of ether oxygens (including phenoxy) is 1.